The smallest absolute Gasteiger partial charge is 0.217 e. The number of benzene rings is 1. The van der Waals surface area contributed by atoms with E-state index >= 15 is 0 Å². The zero-order valence-corrected chi connectivity index (χ0v) is 11.9. The van der Waals surface area contributed by atoms with Crippen molar-refractivity contribution in [1.29, 1.82) is 0 Å². The number of fused-ring (bicyclic) bond motifs is 1. The zero-order chi connectivity index (χ0) is 14.7. The van der Waals surface area contributed by atoms with E-state index in [0.29, 0.717) is 12.3 Å². The Hall–Kier alpha value is -2.46. The summed E-state index contributed by atoms with van der Waals surface area (Å²) in [5, 5.41) is 1.14. The molecule has 0 fully saturated rings. The molecule has 3 rings (SSSR count). The van der Waals surface area contributed by atoms with Gasteiger partial charge in [-0.1, -0.05) is 24.3 Å². The lowest BCUT2D eigenvalue weighted by Crippen LogP contribution is -2.15. The first-order chi connectivity index (χ1) is 10.3. The molecule has 0 amide bonds. The average molecular weight is 279 g/mol. The molecule has 4 nitrogen and oxygen atoms in total. The number of hydrogen-bond donors (Lipinski definition) is 1. The van der Waals surface area contributed by atoms with E-state index in [1.807, 2.05) is 42.6 Å². The normalized spacial score (nSPS) is 12.3. The van der Waals surface area contributed by atoms with Crippen molar-refractivity contribution in [3.8, 4) is 5.88 Å². The van der Waals surface area contributed by atoms with Gasteiger partial charge in [0.15, 0.2) is 0 Å². The minimum atomic E-state index is -0.167. The van der Waals surface area contributed by atoms with Crippen molar-refractivity contribution in [1.82, 2.24) is 9.97 Å². The minimum Gasteiger partial charge on any atom is -0.481 e. The predicted molar refractivity (Wildman–Crippen MR) is 83.2 cm³/mol. The summed E-state index contributed by atoms with van der Waals surface area (Å²) < 4.78 is 5.29. The van der Waals surface area contributed by atoms with E-state index in [9.17, 15) is 0 Å². The van der Waals surface area contributed by atoms with Gasteiger partial charge in [-0.25, -0.2) is 4.98 Å². The highest BCUT2D eigenvalue weighted by molar-refractivity contribution is 5.81. The van der Waals surface area contributed by atoms with Crippen LogP contribution in [0.25, 0.3) is 10.9 Å². The van der Waals surface area contributed by atoms with Gasteiger partial charge in [-0.15, -0.1) is 0 Å². The lowest BCUT2D eigenvalue weighted by molar-refractivity contribution is 0.388. The molecule has 0 saturated carbocycles. The van der Waals surface area contributed by atoms with Crippen LogP contribution in [0.2, 0.25) is 0 Å². The largest absolute Gasteiger partial charge is 0.481 e. The number of rotatable bonds is 4. The van der Waals surface area contributed by atoms with Crippen molar-refractivity contribution >= 4 is 10.9 Å². The molecule has 2 N–H and O–H groups in total. The summed E-state index contributed by atoms with van der Waals surface area (Å²) in [5.41, 5.74) is 9.44. The van der Waals surface area contributed by atoms with Crippen LogP contribution in [-0.4, -0.2) is 17.1 Å². The first-order valence-electron chi connectivity index (χ1n) is 6.86. The van der Waals surface area contributed by atoms with Gasteiger partial charge in [-0.2, -0.15) is 0 Å². The van der Waals surface area contributed by atoms with Gasteiger partial charge in [-0.3, -0.25) is 4.98 Å². The molecular formula is C17H17N3O. The first-order valence-corrected chi connectivity index (χ1v) is 6.86. The molecular weight excluding hydrogens is 262 g/mol. The summed E-state index contributed by atoms with van der Waals surface area (Å²) in [6, 6.07) is 13.8. The van der Waals surface area contributed by atoms with Crippen LogP contribution in [0.4, 0.5) is 0 Å². The van der Waals surface area contributed by atoms with Crippen LogP contribution < -0.4 is 10.5 Å². The second-order valence-electron chi connectivity index (χ2n) is 4.90. The molecule has 1 atom stereocenters. The van der Waals surface area contributed by atoms with Gasteiger partial charge < -0.3 is 10.5 Å². The standard InChI is InChI=1S/C17H17N3O/c1-21-17-14(6-4-9-20-17)15(18)11-12-8-10-19-16-7-3-2-5-13(12)16/h2-10,15H,11,18H2,1H3. The number of hydrogen-bond acceptors (Lipinski definition) is 4. The number of methoxy groups -OCH3 is 1. The van der Waals surface area contributed by atoms with Crippen LogP contribution in [0.3, 0.4) is 0 Å². The van der Waals surface area contributed by atoms with E-state index in [4.69, 9.17) is 10.5 Å². The molecule has 2 heterocycles. The van der Waals surface area contributed by atoms with Crippen molar-refractivity contribution in [2.45, 2.75) is 12.5 Å². The summed E-state index contributed by atoms with van der Waals surface area (Å²) in [5.74, 6) is 0.586. The van der Waals surface area contributed by atoms with Gasteiger partial charge in [0.1, 0.15) is 0 Å². The first kappa shape index (κ1) is 13.5. The molecule has 0 spiro atoms. The van der Waals surface area contributed by atoms with Crippen LogP contribution in [0, 0.1) is 0 Å². The van der Waals surface area contributed by atoms with Crippen molar-refractivity contribution in [2.75, 3.05) is 7.11 Å². The molecule has 0 aliphatic heterocycles. The van der Waals surface area contributed by atoms with Crippen LogP contribution in [0.1, 0.15) is 17.2 Å². The maximum Gasteiger partial charge on any atom is 0.217 e. The van der Waals surface area contributed by atoms with E-state index in [2.05, 4.69) is 16.0 Å². The van der Waals surface area contributed by atoms with Gasteiger partial charge in [0.05, 0.1) is 12.6 Å². The minimum absolute atomic E-state index is 0.167. The molecule has 0 saturated heterocycles. The summed E-state index contributed by atoms with van der Waals surface area (Å²) in [6.07, 6.45) is 4.24. The molecule has 106 valence electrons. The number of nitrogens with zero attached hydrogens (tertiary/aromatic N) is 2. The summed E-state index contributed by atoms with van der Waals surface area (Å²) >= 11 is 0. The highest BCUT2D eigenvalue weighted by Gasteiger charge is 2.14. The fourth-order valence-electron chi connectivity index (χ4n) is 2.54. The summed E-state index contributed by atoms with van der Waals surface area (Å²) in [4.78, 5) is 8.59. The van der Waals surface area contributed by atoms with Crippen LogP contribution in [0.15, 0.2) is 54.9 Å². The van der Waals surface area contributed by atoms with Gasteiger partial charge in [0.25, 0.3) is 0 Å². The Bertz CT molecular complexity index is 752. The quantitative estimate of drug-likeness (QED) is 0.797. The number of para-hydroxylation sites is 1. The van der Waals surface area contributed by atoms with E-state index in [-0.39, 0.29) is 6.04 Å². The van der Waals surface area contributed by atoms with Crippen LogP contribution in [0.5, 0.6) is 5.88 Å². The van der Waals surface area contributed by atoms with E-state index < -0.39 is 0 Å². The fraction of sp³-hybridized carbons (Fsp3) is 0.176. The summed E-state index contributed by atoms with van der Waals surface area (Å²) in [6.45, 7) is 0. The Morgan fingerprint density at radius 3 is 2.76 bits per heavy atom. The lowest BCUT2D eigenvalue weighted by atomic mass is 9.98. The second-order valence-corrected chi connectivity index (χ2v) is 4.90. The predicted octanol–water partition coefficient (Wildman–Crippen LogP) is 2.88. The average Bonchev–Trinajstić information content (AvgIpc) is 2.55. The Labute approximate surface area is 123 Å². The highest BCUT2D eigenvalue weighted by Crippen LogP contribution is 2.26. The van der Waals surface area contributed by atoms with Gasteiger partial charge in [0, 0.05) is 29.4 Å². The maximum atomic E-state index is 6.35. The fourth-order valence-corrected chi connectivity index (χ4v) is 2.54. The molecule has 0 radical (unpaired) electrons. The van der Waals surface area contributed by atoms with Crippen molar-refractivity contribution in [3.63, 3.8) is 0 Å². The van der Waals surface area contributed by atoms with Crippen LogP contribution >= 0.6 is 0 Å². The van der Waals surface area contributed by atoms with Crippen molar-refractivity contribution < 1.29 is 4.74 Å². The number of pyridine rings is 2. The Morgan fingerprint density at radius 1 is 1.05 bits per heavy atom. The second kappa shape index (κ2) is 5.89. The Morgan fingerprint density at radius 2 is 1.90 bits per heavy atom. The Balaban J connectivity index is 1.95. The third kappa shape index (κ3) is 2.71. The molecule has 0 aliphatic carbocycles. The number of nitrogens with two attached hydrogens (primary N) is 1. The topological polar surface area (TPSA) is 61.0 Å². The highest BCUT2D eigenvalue weighted by atomic mass is 16.5. The SMILES string of the molecule is COc1ncccc1C(N)Cc1ccnc2ccccc12. The zero-order valence-electron chi connectivity index (χ0n) is 11.9. The van der Waals surface area contributed by atoms with Crippen molar-refractivity contribution in [3.05, 3.63) is 66.0 Å². The molecule has 1 aromatic carbocycles. The summed E-state index contributed by atoms with van der Waals surface area (Å²) in [7, 11) is 1.61. The third-order valence-electron chi connectivity index (χ3n) is 3.57. The molecule has 3 aromatic rings. The van der Waals surface area contributed by atoms with E-state index in [1.165, 1.54) is 5.56 Å². The van der Waals surface area contributed by atoms with Gasteiger partial charge in [-0.05, 0) is 30.2 Å². The van der Waals surface area contributed by atoms with Gasteiger partial charge in [0.2, 0.25) is 5.88 Å². The molecule has 2 aromatic heterocycles. The number of aromatic nitrogens is 2. The Kier molecular flexibility index (Phi) is 3.79. The van der Waals surface area contributed by atoms with Crippen molar-refractivity contribution in [2.24, 2.45) is 5.73 Å². The van der Waals surface area contributed by atoms with Gasteiger partial charge >= 0.3 is 0 Å². The third-order valence-corrected chi connectivity index (χ3v) is 3.57. The number of ether oxygens (including phenoxy) is 1. The lowest BCUT2D eigenvalue weighted by Gasteiger charge is -2.15. The monoisotopic (exact) mass is 279 g/mol. The maximum absolute atomic E-state index is 6.35. The van der Waals surface area contributed by atoms with Crippen LogP contribution in [-0.2, 0) is 6.42 Å². The molecule has 0 aliphatic rings. The molecule has 0 bridgehead atoms. The molecule has 21 heavy (non-hydrogen) atoms. The molecule has 1 unspecified atom stereocenters. The van der Waals surface area contributed by atoms with E-state index in [1.54, 1.807) is 13.3 Å². The van der Waals surface area contributed by atoms with E-state index in [0.717, 1.165) is 16.5 Å². The molecule has 4 heteroatoms.